The van der Waals surface area contributed by atoms with E-state index < -0.39 is 18.0 Å². The van der Waals surface area contributed by atoms with Crippen molar-refractivity contribution in [2.45, 2.75) is 37.8 Å². The van der Waals surface area contributed by atoms with Crippen molar-refractivity contribution in [1.29, 1.82) is 0 Å². The van der Waals surface area contributed by atoms with Crippen LogP contribution in [0.3, 0.4) is 0 Å². The Morgan fingerprint density at radius 3 is 2.68 bits per heavy atom. The average Bonchev–Trinajstić information content (AvgIpc) is 2.87. The van der Waals surface area contributed by atoms with Gasteiger partial charge in [-0.15, -0.1) is 0 Å². The highest BCUT2D eigenvalue weighted by molar-refractivity contribution is 5.94. The number of hydrogen-bond acceptors (Lipinski definition) is 5. The van der Waals surface area contributed by atoms with Gasteiger partial charge in [-0.1, -0.05) is 18.0 Å². The Morgan fingerprint density at radius 1 is 1.42 bits per heavy atom. The van der Waals surface area contributed by atoms with Crippen LogP contribution < -0.4 is 0 Å². The number of carboxylic acid groups (broad SMARTS) is 1. The minimum Gasteiger partial charge on any atom is -0.475 e. The molecule has 104 valence electrons. The van der Waals surface area contributed by atoms with Gasteiger partial charge in [0, 0.05) is 13.1 Å². The van der Waals surface area contributed by atoms with Crippen molar-refractivity contribution in [2.24, 2.45) is 0 Å². The number of aromatic nitrogens is 1. The Bertz CT molecular complexity index is 484. The van der Waals surface area contributed by atoms with E-state index in [2.05, 4.69) is 9.68 Å². The van der Waals surface area contributed by atoms with E-state index in [1.807, 2.05) is 0 Å². The molecular formula is C12H16N2O5. The third kappa shape index (κ3) is 2.76. The van der Waals surface area contributed by atoms with Gasteiger partial charge in [0.05, 0.1) is 12.1 Å². The van der Waals surface area contributed by atoms with Crippen molar-refractivity contribution in [3.05, 3.63) is 17.5 Å². The molecule has 0 saturated heterocycles. The van der Waals surface area contributed by atoms with Crippen LogP contribution in [0.4, 0.5) is 0 Å². The lowest BCUT2D eigenvalue weighted by Crippen LogP contribution is -2.46. The van der Waals surface area contributed by atoms with Crippen LogP contribution in [0.15, 0.2) is 10.6 Å². The van der Waals surface area contributed by atoms with Gasteiger partial charge >= 0.3 is 5.97 Å². The van der Waals surface area contributed by atoms with E-state index in [4.69, 9.17) is 5.11 Å². The second-order valence-electron chi connectivity index (χ2n) is 4.72. The van der Waals surface area contributed by atoms with Crippen LogP contribution in [0.25, 0.3) is 0 Å². The zero-order valence-corrected chi connectivity index (χ0v) is 10.6. The van der Waals surface area contributed by atoms with Gasteiger partial charge in [-0.2, -0.15) is 0 Å². The van der Waals surface area contributed by atoms with Crippen LogP contribution in [0.5, 0.6) is 0 Å². The Labute approximate surface area is 109 Å². The molecule has 1 amide bonds. The molecule has 1 aromatic rings. The molecular weight excluding hydrogens is 252 g/mol. The SMILES string of the molecule is CN(C(=O)c1cc(C(=O)O)on1)C1CCCCC1O. The van der Waals surface area contributed by atoms with Gasteiger partial charge in [-0.05, 0) is 12.8 Å². The Hall–Kier alpha value is -1.89. The topological polar surface area (TPSA) is 104 Å². The maximum Gasteiger partial charge on any atom is 0.374 e. The Balaban J connectivity index is 2.11. The third-order valence-electron chi connectivity index (χ3n) is 3.45. The summed E-state index contributed by atoms with van der Waals surface area (Å²) in [5.74, 6) is -2.09. The predicted molar refractivity (Wildman–Crippen MR) is 63.8 cm³/mol. The minimum atomic E-state index is -1.27. The highest BCUT2D eigenvalue weighted by Gasteiger charge is 2.31. The van der Waals surface area contributed by atoms with E-state index >= 15 is 0 Å². The smallest absolute Gasteiger partial charge is 0.374 e. The van der Waals surface area contributed by atoms with Crippen molar-refractivity contribution in [3.8, 4) is 0 Å². The van der Waals surface area contributed by atoms with E-state index in [0.29, 0.717) is 6.42 Å². The number of nitrogens with zero attached hydrogens (tertiary/aromatic N) is 2. The number of hydrogen-bond donors (Lipinski definition) is 2. The van der Waals surface area contributed by atoms with Crippen LogP contribution in [-0.2, 0) is 0 Å². The van der Waals surface area contributed by atoms with Gasteiger partial charge in [0.15, 0.2) is 5.69 Å². The number of carbonyl (C=O) groups excluding carboxylic acids is 1. The average molecular weight is 268 g/mol. The lowest BCUT2D eigenvalue weighted by atomic mass is 9.91. The van der Waals surface area contributed by atoms with Gasteiger partial charge in [0.25, 0.3) is 5.91 Å². The maximum absolute atomic E-state index is 12.1. The first-order chi connectivity index (χ1) is 9.00. The van der Waals surface area contributed by atoms with Crippen molar-refractivity contribution in [1.82, 2.24) is 10.1 Å². The summed E-state index contributed by atoms with van der Waals surface area (Å²) in [6.07, 6.45) is 2.76. The largest absolute Gasteiger partial charge is 0.475 e. The number of aliphatic hydroxyl groups is 1. The molecule has 1 fully saturated rings. The summed E-state index contributed by atoms with van der Waals surface area (Å²) < 4.78 is 4.55. The number of amides is 1. The summed E-state index contributed by atoms with van der Waals surface area (Å²) in [6.45, 7) is 0. The molecule has 2 rings (SSSR count). The molecule has 1 aliphatic carbocycles. The van der Waals surface area contributed by atoms with E-state index in [-0.39, 0.29) is 17.5 Å². The summed E-state index contributed by atoms with van der Waals surface area (Å²) in [7, 11) is 1.58. The fourth-order valence-corrected chi connectivity index (χ4v) is 2.35. The summed E-state index contributed by atoms with van der Waals surface area (Å²) in [6, 6.07) is 0.836. The van der Waals surface area contributed by atoms with E-state index in [1.165, 1.54) is 4.90 Å². The standard InChI is InChI=1S/C12H16N2O5/c1-14(8-4-2-3-5-9(8)15)11(16)7-6-10(12(17)18)19-13-7/h6,8-9,15H,2-5H2,1H3,(H,17,18). The van der Waals surface area contributed by atoms with Gasteiger partial charge in [-0.3, -0.25) is 4.79 Å². The molecule has 2 N–H and O–H groups in total. The molecule has 19 heavy (non-hydrogen) atoms. The van der Waals surface area contributed by atoms with Crippen LogP contribution in [0.2, 0.25) is 0 Å². The van der Waals surface area contributed by atoms with Crippen LogP contribution in [-0.4, -0.2) is 51.3 Å². The number of likely N-dealkylation sites (N-methyl/N-ethyl adjacent to an activating group) is 1. The number of carboxylic acids is 1. The molecule has 2 atom stereocenters. The molecule has 2 unspecified atom stereocenters. The Kier molecular flexibility index (Phi) is 3.84. The molecule has 1 saturated carbocycles. The first kappa shape index (κ1) is 13.5. The second-order valence-corrected chi connectivity index (χ2v) is 4.72. The minimum absolute atomic E-state index is 0.0577. The quantitative estimate of drug-likeness (QED) is 0.838. The van der Waals surface area contributed by atoms with Crippen molar-refractivity contribution >= 4 is 11.9 Å². The molecule has 0 spiro atoms. The number of rotatable bonds is 3. The Morgan fingerprint density at radius 2 is 2.11 bits per heavy atom. The molecule has 0 aromatic carbocycles. The fraction of sp³-hybridized carbons (Fsp3) is 0.583. The van der Waals surface area contributed by atoms with E-state index in [1.54, 1.807) is 7.05 Å². The third-order valence-corrected chi connectivity index (χ3v) is 3.45. The highest BCUT2D eigenvalue weighted by Crippen LogP contribution is 2.23. The number of carbonyl (C=O) groups is 2. The summed E-state index contributed by atoms with van der Waals surface area (Å²) >= 11 is 0. The molecule has 1 aliphatic rings. The van der Waals surface area contributed by atoms with Crippen molar-refractivity contribution < 1.29 is 24.3 Å². The van der Waals surface area contributed by atoms with Crippen LogP contribution >= 0.6 is 0 Å². The summed E-state index contributed by atoms with van der Waals surface area (Å²) in [5, 5.41) is 22.1. The zero-order chi connectivity index (χ0) is 14.0. The number of aromatic carboxylic acids is 1. The molecule has 7 heteroatoms. The molecule has 0 radical (unpaired) electrons. The van der Waals surface area contributed by atoms with Gasteiger partial charge in [-0.25, -0.2) is 4.79 Å². The molecule has 1 aromatic heterocycles. The molecule has 0 bridgehead atoms. The monoisotopic (exact) mass is 268 g/mol. The summed E-state index contributed by atoms with van der Waals surface area (Å²) in [5.41, 5.74) is -0.0577. The molecule has 1 heterocycles. The highest BCUT2D eigenvalue weighted by atomic mass is 16.5. The fourth-order valence-electron chi connectivity index (χ4n) is 2.35. The van der Waals surface area contributed by atoms with Gasteiger partial charge in [0.1, 0.15) is 0 Å². The summed E-state index contributed by atoms with van der Waals surface area (Å²) in [4.78, 5) is 24.2. The van der Waals surface area contributed by atoms with Crippen molar-refractivity contribution in [3.63, 3.8) is 0 Å². The molecule has 0 aliphatic heterocycles. The normalized spacial score (nSPS) is 23.1. The number of aliphatic hydroxyl groups excluding tert-OH is 1. The van der Waals surface area contributed by atoms with Crippen LogP contribution in [0.1, 0.15) is 46.7 Å². The van der Waals surface area contributed by atoms with E-state index in [0.717, 1.165) is 25.3 Å². The predicted octanol–water partition coefficient (Wildman–Crippen LogP) is 0.748. The van der Waals surface area contributed by atoms with Crippen molar-refractivity contribution in [2.75, 3.05) is 7.05 Å². The lowest BCUT2D eigenvalue weighted by Gasteiger charge is -2.34. The first-order valence-corrected chi connectivity index (χ1v) is 6.16. The zero-order valence-electron chi connectivity index (χ0n) is 10.6. The first-order valence-electron chi connectivity index (χ1n) is 6.16. The van der Waals surface area contributed by atoms with Crippen LogP contribution in [0, 0.1) is 0 Å². The van der Waals surface area contributed by atoms with Gasteiger partial charge < -0.3 is 19.6 Å². The second kappa shape index (κ2) is 5.40. The van der Waals surface area contributed by atoms with Gasteiger partial charge in [0.2, 0.25) is 5.76 Å². The maximum atomic E-state index is 12.1. The lowest BCUT2D eigenvalue weighted by molar-refractivity contribution is 0.0262. The van der Waals surface area contributed by atoms with E-state index in [9.17, 15) is 14.7 Å². The molecule has 7 nitrogen and oxygen atoms in total.